The molecule has 1 N–H and O–H groups in total. The predicted molar refractivity (Wildman–Crippen MR) is 69.4 cm³/mol. The smallest absolute Gasteiger partial charge is 0.133 e. The fourth-order valence-electron chi connectivity index (χ4n) is 1.80. The first-order chi connectivity index (χ1) is 8.60. The number of aromatic nitrogens is 1. The van der Waals surface area contributed by atoms with Crippen LogP contribution in [0, 0.1) is 12.7 Å². The predicted octanol–water partition coefficient (Wildman–Crippen LogP) is 2.79. The van der Waals surface area contributed by atoms with E-state index in [1.807, 2.05) is 26.1 Å². The van der Waals surface area contributed by atoms with Gasteiger partial charge in [-0.2, -0.15) is 0 Å². The number of aliphatic hydroxyl groups excluding tert-OH is 1. The lowest BCUT2D eigenvalue weighted by Crippen LogP contribution is -2.12. The molecule has 18 heavy (non-hydrogen) atoms. The standard InChI is InChI=1S/C14H15FN2O/c1-10-6-11(9-18)7-14(16-10)17(2)13-5-3-4-12(15)8-13/h3-8,18H,9H2,1-2H3. The van der Waals surface area contributed by atoms with E-state index in [0.29, 0.717) is 5.82 Å². The molecular formula is C14H15FN2O. The minimum Gasteiger partial charge on any atom is -0.392 e. The number of aliphatic hydroxyl groups is 1. The molecule has 0 aliphatic rings. The summed E-state index contributed by atoms with van der Waals surface area (Å²) in [6.45, 7) is 1.83. The minimum atomic E-state index is -0.283. The van der Waals surface area contributed by atoms with Crippen LogP contribution in [0.25, 0.3) is 0 Å². The first-order valence-corrected chi connectivity index (χ1v) is 5.68. The number of halogens is 1. The maximum absolute atomic E-state index is 13.2. The second-order valence-corrected chi connectivity index (χ2v) is 4.17. The van der Waals surface area contributed by atoms with Gasteiger partial charge in [0.25, 0.3) is 0 Å². The number of pyridine rings is 1. The molecule has 1 aromatic carbocycles. The van der Waals surface area contributed by atoms with Gasteiger partial charge in [-0.3, -0.25) is 0 Å². The van der Waals surface area contributed by atoms with Crippen LogP contribution in [0.2, 0.25) is 0 Å². The Morgan fingerprint density at radius 1 is 1.28 bits per heavy atom. The van der Waals surface area contributed by atoms with Crippen LogP contribution in [0.3, 0.4) is 0 Å². The molecule has 94 valence electrons. The SMILES string of the molecule is Cc1cc(CO)cc(N(C)c2cccc(F)c2)n1. The van der Waals surface area contributed by atoms with Crippen molar-refractivity contribution in [3.63, 3.8) is 0 Å². The van der Waals surface area contributed by atoms with Crippen LogP contribution in [-0.4, -0.2) is 17.1 Å². The van der Waals surface area contributed by atoms with Gasteiger partial charge in [-0.1, -0.05) is 6.07 Å². The molecule has 2 aromatic rings. The monoisotopic (exact) mass is 246 g/mol. The molecule has 0 saturated carbocycles. The molecule has 3 nitrogen and oxygen atoms in total. The maximum Gasteiger partial charge on any atom is 0.133 e. The van der Waals surface area contributed by atoms with E-state index in [4.69, 9.17) is 0 Å². The lowest BCUT2D eigenvalue weighted by Gasteiger charge is -2.19. The van der Waals surface area contributed by atoms with Crippen molar-refractivity contribution in [1.29, 1.82) is 0 Å². The van der Waals surface area contributed by atoms with Crippen molar-refractivity contribution in [3.8, 4) is 0 Å². The summed E-state index contributed by atoms with van der Waals surface area (Å²) in [6, 6.07) is 9.93. The van der Waals surface area contributed by atoms with E-state index >= 15 is 0 Å². The van der Waals surface area contributed by atoms with Crippen LogP contribution in [0.1, 0.15) is 11.3 Å². The Morgan fingerprint density at radius 2 is 2.06 bits per heavy atom. The molecule has 0 bridgehead atoms. The summed E-state index contributed by atoms with van der Waals surface area (Å²) in [4.78, 5) is 6.17. The van der Waals surface area contributed by atoms with Crippen LogP contribution in [0.5, 0.6) is 0 Å². The third-order valence-electron chi connectivity index (χ3n) is 2.72. The van der Waals surface area contributed by atoms with Crippen LogP contribution >= 0.6 is 0 Å². The van der Waals surface area contributed by atoms with Crippen molar-refractivity contribution in [2.75, 3.05) is 11.9 Å². The van der Waals surface area contributed by atoms with E-state index in [2.05, 4.69) is 4.98 Å². The number of benzene rings is 1. The Morgan fingerprint density at radius 3 is 2.72 bits per heavy atom. The molecule has 0 amide bonds. The Balaban J connectivity index is 2.39. The summed E-state index contributed by atoms with van der Waals surface area (Å²) < 4.78 is 13.2. The summed E-state index contributed by atoms with van der Waals surface area (Å²) in [7, 11) is 1.82. The van der Waals surface area contributed by atoms with Crippen LogP contribution in [0.4, 0.5) is 15.9 Å². The third-order valence-corrected chi connectivity index (χ3v) is 2.72. The van der Waals surface area contributed by atoms with Crippen molar-refractivity contribution >= 4 is 11.5 Å². The summed E-state index contributed by atoms with van der Waals surface area (Å²) in [5, 5.41) is 9.18. The highest BCUT2D eigenvalue weighted by molar-refractivity contribution is 5.59. The van der Waals surface area contributed by atoms with Crippen LogP contribution in [0.15, 0.2) is 36.4 Å². The van der Waals surface area contributed by atoms with E-state index < -0.39 is 0 Å². The summed E-state index contributed by atoms with van der Waals surface area (Å²) in [5.74, 6) is 0.402. The first-order valence-electron chi connectivity index (χ1n) is 5.68. The zero-order valence-corrected chi connectivity index (χ0v) is 10.4. The molecule has 1 heterocycles. The maximum atomic E-state index is 13.2. The molecule has 0 atom stereocenters. The van der Waals surface area contributed by atoms with Crippen LogP contribution in [-0.2, 0) is 6.61 Å². The zero-order chi connectivity index (χ0) is 13.1. The van der Waals surface area contributed by atoms with E-state index in [-0.39, 0.29) is 12.4 Å². The van der Waals surface area contributed by atoms with Gasteiger partial charge in [0.1, 0.15) is 11.6 Å². The Labute approximate surface area is 106 Å². The molecule has 0 aliphatic heterocycles. The van der Waals surface area contributed by atoms with Crippen LogP contribution < -0.4 is 4.90 Å². The average molecular weight is 246 g/mol. The molecule has 4 heteroatoms. The highest BCUT2D eigenvalue weighted by Gasteiger charge is 2.08. The normalized spacial score (nSPS) is 10.4. The number of aryl methyl sites for hydroxylation is 1. The van der Waals surface area contributed by atoms with E-state index in [0.717, 1.165) is 16.9 Å². The molecule has 0 radical (unpaired) electrons. The highest BCUT2D eigenvalue weighted by Crippen LogP contribution is 2.23. The van der Waals surface area contributed by atoms with Gasteiger partial charge in [-0.25, -0.2) is 9.37 Å². The molecule has 0 aliphatic carbocycles. The van der Waals surface area contributed by atoms with Gasteiger partial charge in [-0.15, -0.1) is 0 Å². The summed E-state index contributed by atoms with van der Waals surface area (Å²) >= 11 is 0. The van der Waals surface area contributed by atoms with Gasteiger partial charge in [-0.05, 0) is 42.8 Å². The number of rotatable bonds is 3. The van der Waals surface area contributed by atoms with Crippen molar-refractivity contribution < 1.29 is 9.50 Å². The van der Waals surface area contributed by atoms with Crippen molar-refractivity contribution in [1.82, 2.24) is 4.98 Å². The zero-order valence-electron chi connectivity index (χ0n) is 10.4. The third kappa shape index (κ3) is 2.65. The number of hydrogen-bond acceptors (Lipinski definition) is 3. The van der Waals surface area contributed by atoms with E-state index in [1.165, 1.54) is 12.1 Å². The average Bonchev–Trinajstić information content (AvgIpc) is 2.37. The van der Waals surface area contributed by atoms with Crippen molar-refractivity contribution in [2.45, 2.75) is 13.5 Å². The Bertz CT molecular complexity index is 557. The lowest BCUT2D eigenvalue weighted by atomic mass is 10.2. The summed E-state index contributed by atoms with van der Waals surface area (Å²) in [6.07, 6.45) is 0. The number of hydrogen-bond donors (Lipinski definition) is 1. The van der Waals surface area contributed by atoms with Crippen molar-refractivity contribution in [2.24, 2.45) is 0 Å². The quantitative estimate of drug-likeness (QED) is 0.904. The number of anilines is 2. The molecule has 0 spiro atoms. The second-order valence-electron chi connectivity index (χ2n) is 4.17. The molecule has 0 saturated heterocycles. The fraction of sp³-hybridized carbons (Fsp3) is 0.214. The molecule has 0 unspecified atom stereocenters. The Kier molecular flexibility index (Phi) is 3.58. The van der Waals surface area contributed by atoms with Gasteiger partial charge in [0, 0.05) is 18.4 Å². The Hall–Kier alpha value is -1.94. The molecule has 2 rings (SSSR count). The van der Waals surface area contributed by atoms with Gasteiger partial charge in [0.2, 0.25) is 0 Å². The molecular weight excluding hydrogens is 231 g/mol. The van der Waals surface area contributed by atoms with Gasteiger partial charge in [0.15, 0.2) is 0 Å². The van der Waals surface area contributed by atoms with Crippen molar-refractivity contribution in [3.05, 3.63) is 53.5 Å². The molecule has 1 aromatic heterocycles. The minimum absolute atomic E-state index is 0.0344. The first kappa shape index (κ1) is 12.5. The van der Waals surface area contributed by atoms with E-state index in [9.17, 15) is 9.50 Å². The largest absolute Gasteiger partial charge is 0.392 e. The van der Waals surface area contributed by atoms with Gasteiger partial charge >= 0.3 is 0 Å². The lowest BCUT2D eigenvalue weighted by molar-refractivity contribution is 0.281. The second kappa shape index (κ2) is 5.14. The summed E-state index contributed by atoms with van der Waals surface area (Å²) in [5.41, 5.74) is 2.33. The van der Waals surface area contributed by atoms with Gasteiger partial charge in [0.05, 0.1) is 6.61 Å². The highest BCUT2D eigenvalue weighted by atomic mass is 19.1. The topological polar surface area (TPSA) is 36.4 Å². The van der Waals surface area contributed by atoms with Gasteiger partial charge < -0.3 is 10.0 Å². The molecule has 0 fully saturated rings. The number of nitrogens with zero attached hydrogens (tertiary/aromatic N) is 2. The fourth-order valence-corrected chi connectivity index (χ4v) is 1.80. The van der Waals surface area contributed by atoms with E-state index in [1.54, 1.807) is 17.0 Å².